The van der Waals surface area contributed by atoms with Crippen molar-refractivity contribution in [2.75, 3.05) is 6.54 Å². The van der Waals surface area contributed by atoms with Crippen LogP contribution in [0.5, 0.6) is 0 Å². The van der Waals surface area contributed by atoms with Gasteiger partial charge in [0, 0.05) is 6.54 Å². The lowest BCUT2D eigenvalue weighted by molar-refractivity contribution is -0.128. The molecule has 1 unspecified atom stereocenters. The van der Waals surface area contributed by atoms with Crippen LogP contribution in [0, 0.1) is 5.92 Å². The van der Waals surface area contributed by atoms with Gasteiger partial charge in [-0.15, -0.1) is 0 Å². The molecule has 0 radical (unpaired) electrons. The lowest BCUT2D eigenvalue weighted by Gasteiger charge is -2.07. The number of nitrogens with one attached hydrogen (secondary N) is 1. The van der Waals surface area contributed by atoms with Crippen LogP contribution in [0.25, 0.3) is 0 Å². The van der Waals surface area contributed by atoms with Gasteiger partial charge in [-0.2, -0.15) is 0 Å². The minimum Gasteiger partial charge on any atom is -0.384 e. The molecule has 0 heterocycles. The van der Waals surface area contributed by atoms with E-state index in [0.29, 0.717) is 6.54 Å². The van der Waals surface area contributed by atoms with Crippen LogP contribution in [0.4, 0.5) is 0 Å². The second-order valence-corrected chi connectivity index (χ2v) is 7.75. The number of unbranched alkanes of at least 4 members (excludes halogenated alkanes) is 12. The summed E-state index contributed by atoms with van der Waals surface area (Å²) in [6.45, 7) is 6.83. The Morgan fingerprint density at radius 3 is 1.46 bits per heavy atom. The van der Waals surface area contributed by atoms with Crippen LogP contribution < -0.4 is 5.32 Å². The fraction of sp³-hybridized carbons (Fsp3) is 0.952. The first-order valence-corrected chi connectivity index (χ1v) is 10.5. The molecular weight excluding hydrogens is 298 g/mol. The maximum Gasteiger partial charge on any atom is 0.248 e. The number of aliphatic hydroxyl groups excluding tert-OH is 1. The zero-order chi connectivity index (χ0) is 18.0. The average molecular weight is 342 g/mol. The van der Waals surface area contributed by atoms with E-state index in [2.05, 4.69) is 19.2 Å². The number of amides is 1. The van der Waals surface area contributed by atoms with Gasteiger partial charge in [0.2, 0.25) is 5.91 Å². The minimum atomic E-state index is -0.884. The highest BCUT2D eigenvalue weighted by Crippen LogP contribution is 2.14. The molecule has 0 aliphatic carbocycles. The van der Waals surface area contributed by atoms with Gasteiger partial charge in [-0.05, 0) is 19.3 Å². The molecule has 0 fully saturated rings. The smallest absolute Gasteiger partial charge is 0.248 e. The maximum absolute atomic E-state index is 11.1. The second-order valence-electron chi connectivity index (χ2n) is 7.75. The van der Waals surface area contributed by atoms with Gasteiger partial charge in [-0.25, -0.2) is 0 Å². The quantitative estimate of drug-likeness (QED) is 0.338. The number of hydrogen-bond acceptors (Lipinski definition) is 2. The highest BCUT2D eigenvalue weighted by atomic mass is 16.3. The van der Waals surface area contributed by atoms with Gasteiger partial charge in [0.1, 0.15) is 6.10 Å². The third kappa shape index (κ3) is 17.8. The molecule has 0 aliphatic heterocycles. The molecule has 3 nitrogen and oxygen atoms in total. The first-order chi connectivity index (χ1) is 11.5. The molecule has 144 valence electrons. The van der Waals surface area contributed by atoms with Crippen LogP contribution in [0.15, 0.2) is 0 Å². The molecular formula is C21H43NO2. The Hall–Kier alpha value is -0.570. The molecule has 3 heteroatoms. The highest BCUT2D eigenvalue weighted by molar-refractivity contribution is 5.79. The Morgan fingerprint density at radius 1 is 0.708 bits per heavy atom. The molecule has 24 heavy (non-hydrogen) atoms. The van der Waals surface area contributed by atoms with Crippen molar-refractivity contribution in [1.29, 1.82) is 0 Å². The van der Waals surface area contributed by atoms with Gasteiger partial charge in [-0.3, -0.25) is 4.79 Å². The summed E-state index contributed by atoms with van der Waals surface area (Å²) in [6.07, 6.45) is 18.0. The fourth-order valence-electron chi connectivity index (χ4n) is 2.98. The van der Waals surface area contributed by atoms with Crippen molar-refractivity contribution in [3.05, 3.63) is 0 Å². The minimum absolute atomic E-state index is 0.255. The lowest BCUT2D eigenvalue weighted by Crippen LogP contribution is -2.33. The van der Waals surface area contributed by atoms with Crippen molar-refractivity contribution in [2.45, 2.75) is 117 Å². The van der Waals surface area contributed by atoms with Gasteiger partial charge >= 0.3 is 0 Å². The number of rotatable bonds is 17. The van der Waals surface area contributed by atoms with E-state index >= 15 is 0 Å². The molecule has 0 aromatic carbocycles. The molecule has 0 spiro atoms. The summed E-state index contributed by atoms with van der Waals surface area (Å²) in [5.74, 6) is 0.614. The maximum atomic E-state index is 11.1. The van der Waals surface area contributed by atoms with Crippen molar-refractivity contribution in [3.63, 3.8) is 0 Å². The van der Waals surface area contributed by atoms with Crippen LogP contribution in [0.3, 0.4) is 0 Å². The van der Waals surface area contributed by atoms with Gasteiger partial charge in [0.25, 0.3) is 0 Å². The van der Waals surface area contributed by atoms with E-state index in [1.807, 2.05) is 0 Å². The van der Waals surface area contributed by atoms with E-state index < -0.39 is 6.10 Å². The van der Waals surface area contributed by atoms with Gasteiger partial charge in [-0.1, -0.05) is 97.3 Å². The van der Waals surface area contributed by atoms with Crippen molar-refractivity contribution in [3.8, 4) is 0 Å². The molecule has 0 aliphatic rings. The van der Waals surface area contributed by atoms with Crippen LogP contribution in [0.1, 0.15) is 111 Å². The van der Waals surface area contributed by atoms with Crippen LogP contribution in [0.2, 0.25) is 0 Å². The van der Waals surface area contributed by atoms with Gasteiger partial charge in [0.05, 0.1) is 0 Å². The van der Waals surface area contributed by atoms with E-state index in [1.54, 1.807) is 0 Å². The van der Waals surface area contributed by atoms with E-state index in [-0.39, 0.29) is 5.91 Å². The predicted molar refractivity (Wildman–Crippen MR) is 104 cm³/mol. The monoisotopic (exact) mass is 341 g/mol. The Kier molecular flexibility index (Phi) is 16.8. The summed E-state index contributed by atoms with van der Waals surface area (Å²) in [7, 11) is 0. The van der Waals surface area contributed by atoms with Crippen LogP contribution >= 0.6 is 0 Å². The molecule has 0 saturated heterocycles. The lowest BCUT2D eigenvalue weighted by atomic mass is 10.0. The first-order valence-electron chi connectivity index (χ1n) is 10.5. The van der Waals surface area contributed by atoms with E-state index in [0.717, 1.165) is 12.3 Å². The van der Waals surface area contributed by atoms with Crippen molar-refractivity contribution in [2.24, 2.45) is 5.92 Å². The standard InChI is InChI=1S/C21H43NO2/c1-19(2)17-15-13-11-9-7-5-4-6-8-10-12-14-16-18-22-21(24)20(3)23/h19-20,23H,4-18H2,1-3H3,(H,22,24). The van der Waals surface area contributed by atoms with Crippen molar-refractivity contribution in [1.82, 2.24) is 5.32 Å². The topological polar surface area (TPSA) is 49.3 Å². The van der Waals surface area contributed by atoms with Crippen LogP contribution in [-0.4, -0.2) is 23.7 Å². The zero-order valence-corrected chi connectivity index (χ0v) is 16.6. The molecule has 1 atom stereocenters. The summed E-state index contributed by atoms with van der Waals surface area (Å²) in [6, 6.07) is 0. The largest absolute Gasteiger partial charge is 0.384 e. The van der Waals surface area contributed by atoms with Crippen molar-refractivity contribution < 1.29 is 9.90 Å². The highest BCUT2D eigenvalue weighted by Gasteiger charge is 2.06. The predicted octanol–water partition coefficient (Wildman–Crippen LogP) is 5.60. The number of carbonyl (C=O) groups is 1. The van der Waals surface area contributed by atoms with Gasteiger partial charge in [0.15, 0.2) is 0 Å². The van der Waals surface area contributed by atoms with Gasteiger partial charge < -0.3 is 10.4 Å². The number of hydrogen-bond donors (Lipinski definition) is 2. The number of aliphatic hydroxyl groups is 1. The van der Waals surface area contributed by atoms with E-state index in [1.165, 1.54) is 90.4 Å². The molecule has 0 aromatic heterocycles. The molecule has 0 rings (SSSR count). The third-order valence-electron chi connectivity index (χ3n) is 4.64. The van der Waals surface area contributed by atoms with Crippen LogP contribution in [-0.2, 0) is 4.79 Å². The van der Waals surface area contributed by atoms with Crippen molar-refractivity contribution >= 4 is 5.91 Å². The van der Waals surface area contributed by atoms with E-state index in [4.69, 9.17) is 5.11 Å². The third-order valence-corrected chi connectivity index (χ3v) is 4.64. The Balaban J connectivity index is 3.06. The second kappa shape index (κ2) is 17.3. The van der Waals surface area contributed by atoms with E-state index in [9.17, 15) is 4.79 Å². The average Bonchev–Trinajstić information content (AvgIpc) is 2.53. The summed E-state index contributed by atoms with van der Waals surface area (Å²) in [5, 5.41) is 11.8. The summed E-state index contributed by atoms with van der Waals surface area (Å²) in [5.41, 5.74) is 0. The molecule has 0 saturated carbocycles. The SMILES string of the molecule is CC(C)CCCCCCCCCCCCCCCNC(=O)C(C)O. The Bertz CT molecular complexity index is 277. The first kappa shape index (κ1) is 23.4. The normalized spacial score (nSPS) is 12.5. The Morgan fingerprint density at radius 2 is 1.08 bits per heavy atom. The molecule has 2 N–H and O–H groups in total. The number of carbonyl (C=O) groups excluding carboxylic acids is 1. The zero-order valence-electron chi connectivity index (χ0n) is 16.6. The summed E-state index contributed by atoms with van der Waals surface area (Å²) in [4.78, 5) is 11.1. The summed E-state index contributed by atoms with van der Waals surface area (Å²) < 4.78 is 0. The molecule has 0 bridgehead atoms. The summed E-state index contributed by atoms with van der Waals surface area (Å²) >= 11 is 0. The fourth-order valence-corrected chi connectivity index (χ4v) is 2.98. The Labute approximate surface area is 151 Å². The molecule has 0 aromatic rings. The molecule has 1 amide bonds.